The summed E-state index contributed by atoms with van der Waals surface area (Å²) in [5.74, 6) is -0.422. The first-order chi connectivity index (χ1) is 19.8. The number of H-pyrrole nitrogens is 1. The summed E-state index contributed by atoms with van der Waals surface area (Å²) in [6.07, 6.45) is 0.170. The van der Waals surface area contributed by atoms with Crippen LogP contribution in [0.3, 0.4) is 0 Å². The summed E-state index contributed by atoms with van der Waals surface area (Å²) in [4.78, 5) is 41.5. The number of carbonyl (C=O) groups is 1. The molecule has 10 heteroatoms. The highest BCUT2D eigenvalue weighted by molar-refractivity contribution is 9.10. The number of nitro groups is 1. The summed E-state index contributed by atoms with van der Waals surface area (Å²) in [5, 5.41) is 18.9. The smallest absolute Gasteiger partial charge is 0.274 e. The van der Waals surface area contributed by atoms with Crippen molar-refractivity contribution in [2.75, 3.05) is 0 Å². The van der Waals surface area contributed by atoms with Crippen LogP contribution in [-0.4, -0.2) is 26.5 Å². The SMILES string of the molecule is O=C(c1ccc(Cl)cc1)N1N=C(c2c(-c3ccccc3)c3cc(Br)ccc3[nH]c2=O)C[C@H]1c1cccc([N+](=O)[O-])c1. The second-order valence-corrected chi connectivity index (χ2v) is 10.9. The number of aromatic amines is 1. The van der Waals surface area contributed by atoms with E-state index in [1.54, 1.807) is 36.4 Å². The van der Waals surface area contributed by atoms with Gasteiger partial charge in [0.2, 0.25) is 0 Å². The van der Waals surface area contributed by atoms with Gasteiger partial charge in [0.05, 0.1) is 22.2 Å². The highest BCUT2D eigenvalue weighted by atomic mass is 79.9. The van der Waals surface area contributed by atoms with Crippen molar-refractivity contribution in [1.29, 1.82) is 0 Å². The second-order valence-electron chi connectivity index (χ2n) is 9.54. The molecule has 1 aliphatic rings. The Hall–Kier alpha value is -4.60. The van der Waals surface area contributed by atoms with Crippen LogP contribution >= 0.6 is 27.5 Å². The van der Waals surface area contributed by atoms with Crippen LogP contribution in [0.15, 0.2) is 111 Å². The number of nitrogens with one attached hydrogen (secondary N) is 1. The van der Waals surface area contributed by atoms with Crippen LogP contribution in [0.2, 0.25) is 5.02 Å². The Balaban J connectivity index is 1.57. The third kappa shape index (κ3) is 5.05. The molecule has 0 fully saturated rings. The van der Waals surface area contributed by atoms with E-state index in [-0.39, 0.29) is 17.7 Å². The fourth-order valence-electron chi connectivity index (χ4n) is 5.12. The lowest BCUT2D eigenvalue weighted by Gasteiger charge is -2.22. The Bertz CT molecular complexity index is 1920. The minimum Gasteiger partial charge on any atom is -0.321 e. The standard InChI is InChI=1S/C31H20BrClN4O4/c32-21-11-14-25-24(16-21)28(18-5-2-1-3-6-18)29(30(38)34-25)26-17-27(20-7-4-8-23(15-20)37(40)41)36(35-26)31(39)19-9-12-22(33)13-10-19/h1-16,27H,17H2,(H,34,38)/t27-/m0/s1. The van der Waals surface area contributed by atoms with Gasteiger partial charge in [-0.1, -0.05) is 70.0 Å². The minimum atomic E-state index is -0.686. The molecule has 41 heavy (non-hydrogen) atoms. The zero-order valence-electron chi connectivity index (χ0n) is 21.3. The van der Waals surface area contributed by atoms with Crippen molar-refractivity contribution in [3.05, 3.63) is 144 Å². The number of halogens is 2. The predicted octanol–water partition coefficient (Wildman–Crippen LogP) is 7.51. The van der Waals surface area contributed by atoms with E-state index in [0.29, 0.717) is 38.5 Å². The lowest BCUT2D eigenvalue weighted by atomic mass is 9.91. The third-order valence-electron chi connectivity index (χ3n) is 7.00. The van der Waals surface area contributed by atoms with E-state index in [9.17, 15) is 19.7 Å². The number of nitrogens with zero attached hydrogens (tertiary/aromatic N) is 3. The van der Waals surface area contributed by atoms with Crippen LogP contribution in [0.1, 0.15) is 33.9 Å². The first kappa shape index (κ1) is 26.6. The summed E-state index contributed by atoms with van der Waals surface area (Å²) in [6, 6.07) is 27.0. The van der Waals surface area contributed by atoms with Gasteiger partial charge in [-0.3, -0.25) is 19.7 Å². The fraction of sp³-hybridized carbons (Fsp3) is 0.0645. The zero-order chi connectivity index (χ0) is 28.7. The molecule has 4 aromatic carbocycles. The molecule has 0 radical (unpaired) electrons. The van der Waals surface area contributed by atoms with Crippen molar-refractivity contribution in [2.24, 2.45) is 5.10 Å². The van der Waals surface area contributed by atoms with Crippen LogP contribution in [0.25, 0.3) is 22.0 Å². The molecular weight excluding hydrogens is 608 g/mol. The Morgan fingerprint density at radius 2 is 1.73 bits per heavy atom. The van der Waals surface area contributed by atoms with Crippen molar-refractivity contribution in [3.8, 4) is 11.1 Å². The van der Waals surface area contributed by atoms with Crippen LogP contribution in [0, 0.1) is 10.1 Å². The average Bonchev–Trinajstić information content (AvgIpc) is 3.42. The third-order valence-corrected chi connectivity index (χ3v) is 7.75. The van der Waals surface area contributed by atoms with Gasteiger partial charge in [0.25, 0.3) is 17.2 Å². The van der Waals surface area contributed by atoms with Crippen LogP contribution in [0.4, 0.5) is 5.69 Å². The number of fused-ring (bicyclic) bond motifs is 1. The van der Waals surface area contributed by atoms with Crippen molar-refractivity contribution < 1.29 is 9.72 Å². The molecule has 0 bridgehead atoms. The number of pyridine rings is 1. The maximum Gasteiger partial charge on any atom is 0.274 e. The zero-order valence-corrected chi connectivity index (χ0v) is 23.6. The van der Waals surface area contributed by atoms with Gasteiger partial charge in [-0.2, -0.15) is 5.10 Å². The summed E-state index contributed by atoms with van der Waals surface area (Å²) >= 11 is 9.59. The van der Waals surface area contributed by atoms with Crippen LogP contribution in [0.5, 0.6) is 0 Å². The Morgan fingerprint density at radius 1 is 0.976 bits per heavy atom. The number of amides is 1. The van der Waals surface area contributed by atoms with Crippen molar-refractivity contribution in [1.82, 2.24) is 9.99 Å². The molecule has 1 amide bonds. The molecule has 0 spiro atoms. The van der Waals surface area contributed by atoms with Gasteiger partial charge < -0.3 is 4.98 Å². The Morgan fingerprint density at radius 3 is 2.46 bits per heavy atom. The second kappa shape index (κ2) is 10.8. The summed E-state index contributed by atoms with van der Waals surface area (Å²) in [5.41, 5.74) is 3.30. The van der Waals surface area contributed by atoms with Crippen molar-refractivity contribution >= 4 is 55.7 Å². The van der Waals surface area contributed by atoms with Gasteiger partial charge in [0, 0.05) is 50.1 Å². The first-order valence-electron chi connectivity index (χ1n) is 12.6. The van der Waals surface area contributed by atoms with Gasteiger partial charge in [0.1, 0.15) is 0 Å². The van der Waals surface area contributed by atoms with E-state index in [4.69, 9.17) is 16.7 Å². The molecule has 2 heterocycles. The Labute approximate surface area is 247 Å². The molecule has 1 N–H and O–H groups in total. The monoisotopic (exact) mass is 626 g/mol. The summed E-state index contributed by atoms with van der Waals surface area (Å²) in [6.45, 7) is 0. The fourth-order valence-corrected chi connectivity index (χ4v) is 5.61. The van der Waals surface area contributed by atoms with E-state index in [0.717, 1.165) is 15.4 Å². The maximum atomic E-state index is 13.8. The molecule has 1 aromatic heterocycles. The number of aromatic nitrogens is 1. The molecule has 1 atom stereocenters. The van der Waals surface area contributed by atoms with Gasteiger partial charge in [-0.15, -0.1) is 0 Å². The quantitative estimate of drug-likeness (QED) is 0.161. The molecule has 202 valence electrons. The van der Waals surface area contributed by atoms with E-state index < -0.39 is 16.9 Å². The van der Waals surface area contributed by atoms with E-state index in [1.807, 2.05) is 48.5 Å². The number of hydrogen-bond donors (Lipinski definition) is 1. The number of rotatable bonds is 5. The number of hydrogen-bond acceptors (Lipinski definition) is 5. The lowest BCUT2D eigenvalue weighted by molar-refractivity contribution is -0.384. The Kier molecular flexibility index (Phi) is 6.98. The molecule has 0 saturated carbocycles. The van der Waals surface area contributed by atoms with Gasteiger partial charge in [0.15, 0.2) is 0 Å². The molecule has 0 saturated heterocycles. The van der Waals surface area contributed by atoms with E-state index in [1.165, 1.54) is 17.1 Å². The molecule has 1 aliphatic heterocycles. The summed E-state index contributed by atoms with van der Waals surface area (Å²) < 4.78 is 0.836. The maximum absolute atomic E-state index is 13.8. The summed E-state index contributed by atoms with van der Waals surface area (Å²) in [7, 11) is 0. The van der Waals surface area contributed by atoms with Crippen molar-refractivity contribution in [3.63, 3.8) is 0 Å². The lowest BCUT2D eigenvalue weighted by Crippen LogP contribution is -2.27. The molecule has 6 rings (SSSR count). The number of nitro benzene ring substituents is 1. The largest absolute Gasteiger partial charge is 0.321 e. The molecular formula is C31H20BrClN4O4. The molecule has 0 aliphatic carbocycles. The highest BCUT2D eigenvalue weighted by Gasteiger charge is 2.36. The van der Waals surface area contributed by atoms with Crippen LogP contribution in [-0.2, 0) is 0 Å². The number of non-ortho nitro benzene ring substituents is 1. The number of carbonyl (C=O) groups excluding carboxylic acids is 1. The minimum absolute atomic E-state index is 0.104. The van der Waals surface area contributed by atoms with Gasteiger partial charge >= 0.3 is 0 Å². The first-order valence-corrected chi connectivity index (χ1v) is 13.8. The van der Waals surface area contributed by atoms with E-state index >= 15 is 0 Å². The van der Waals surface area contributed by atoms with Crippen molar-refractivity contribution in [2.45, 2.75) is 12.5 Å². The average molecular weight is 628 g/mol. The molecule has 5 aromatic rings. The van der Waals surface area contributed by atoms with Gasteiger partial charge in [-0.25, -0.2) is 5.01 Å². The topological polar surface area (TPSA) is 109 Å². The number of benzene rings is 4. The van der Waals surface area contributed by atoms with E-state index in [2.05, 4.69) is 20.9 Å². The number of hydrazone groups is 1. The van der Waals surface area contributed by atoms with Gasteiger partial charge in [-0.05, 0) is 53.6 Å². The predicted molar refractivity (Wildman–Crippen MR) is 162 cm³/mol. The molecule has 0 unspecified atom stereocenters. The van der Waals surface area contributed by atoms with Crippen LogP contribution < -0.4 is 5.56 Å². The normalized spacial score (nSPS) is 14.7. The molecule has 8 nitrogen and oxygen atoms in total. The highest BCUT2D eigenvalue weighted by Crippen LogP contribution is 2.38.